The number of ether oxygens (including phenoxy) is 1. The van der Waals surface area contributed by atoms with Gasteiger partial charge in [-0.25, -0.2) is 4.79 Å². The van der Waals surface area contributed by atoms with Crippen LogP contribution in [0.1, 0.15) is 19.8 Å². The van der Waals surface area contributed by atoms with E-state index in [4.69, 9.17) is 4.74 Å². The average molecular weight is 280 g/mol. The van der Waals surface area contributed by atoms with E-state index in [1.54, 1.807) is 11.8 Å². The largest absolute Gasteiger partial charge is 0.494 e. The van der Waals surface area contributed by atoms with Crippen molar-refractivity contribution in [1.29, 1.82) is 0 Å². The molecule has 1 aliphatic heterocycles. The standard InChI is InChI=1S/C14H20N2O2S/c1-2-3-9-18-13-6-4-12(5-7-13)15-14(17)16-8-10-19-11-16/h4-7H,2-3,8-11H2,1H3,(H,15,17). The third kappa shape index (κ3) is 4.35. The number of urea groups is 1. The summed E-state index contributed by atoms with van der Waals surface area (Å²) in [6.45, 7) is 3.71. The van der Waals surface area contributed by atoms with E-state index in [-0.39, 0.29) is 6.03 Å². The topological polar surface area (TPSA) is 41.6 Å². The number of nitrogens with one attached hydrogen (secondary N) is 1. The highest BCUT2D eigenvalue weighted by Gasteiger charge is 2.17. The van der Waals surface area contributed by atoms with Gasteiger partial charge in [-0.05, 0) is 30.7 Å². The molecule has 2 amide bonds. The van der Waals surface area contributed by atoms with Gasteiger partial charge in [0.2, 0.25) is 0 Å². The fourth-order valence-electron chi connectivity index (χ4n) is 1.75. The highest BCUT2D eigenvalue weighted by Crippen LogP contribution is 2.18. The molecule has 104 valence electrons. The SMILES string of the molecule is CCCCOc1ccc(NC(=O)N2CCSC2)cc1. The molecule has 0 saturated carbocycles. The van der Waals surface area contributed by atoms with Crippen LogP contribution in [0.25, 0.3) is 0 Å². The van der Waals surface area contributed by atoms with Crippen LogP contribution in [0.5, 0.6) is 5.75 Å². The van der Waals surface area contributed by atoms with E-state index in [2.05, 4.69) is 12.2 Å². The molecule has 5 heteroatoms. The number of hydrogen-bond donors (Lipinski definition) is 1. The number of benzene rings is 1. The summed E-state index contributed by atoms with van der Waals surface area (Å²) in [5.74, 6) is 2.66. The summed E-state index contributed by atoms with van der Waals surface area (Å²) in [4.78, 5) is 13.7. The maximum absolute atomic E-state index is 11.9. The number of carbonyl (C=O) groups is 1. The predicted octanol–water partition coefficient (Wildman–Crippen LogP) is 3.40. The summed E-state index contributed by atoms with van der Waals surface area (Å²) in [6, 6.07) is 7.52. The molecule has 0 aliphatic carbocycles. The number of anilines is 1. The van der Waals surface area contributed by atoms with Gasteiger partial charge in [0, 0.05) is 18.0 Å². The molecule has 4 nitrogen and oxygen atoms in total. The van der Waals surface area contributed by atoms with Crippen molar-refractivity contribution in [2.45, 2.75) is 19.8 Å². The van der Waals surface area contributed by atoms with Crippen LogP contribution in [0, 0.1) is 0 Å². The first-order valence-electron chi connectivity index (χ1n) is 6.66. The maximum Gasteiger partial charge on any atom is 0.322 e. The quantitative estimate of drug-likeness (QED) is 0.840. The summed E-state index contributed by atoms with van der Waals surface area (Å²) in [5.41, 5.74) is 0.810. The molecule has 1 fully saturated rings. The smallest absolute Gasteiger partial charge is 0.322 e. The highest BCUT2D eigenvalue weighted by atomic mass is 32.2. The zero-order valence-corrected chi connectivity index (χ0v) is 12.0. The van der Waals surface area contributed by atoms with E-state index in [1.807, 2.05) is 29.2 Å². The Labute approximate surface area is 118 Å². The molecule has 0 unspecified atom stereocenters. The fourth-order valence-corrected chi connectivity index (χ4v) is 2.69. The van der Waals surface area contributed by atoms with Crippen LogP contribution in [0.4, 0.5) is 10.5 Å². The van der Waals surface area contributed by atoms with Gasteiger partial charge in [0.15, 0.2) is 0 Å². The number of unbranched alkanes of at least 4 members (excludes halogenated alkanes) is 1. The van der Waals surface area contributed by atoms with Crippen molar-refractivity contribution >= 4 is 23.5 Å². The summed E-state index contributed by atoms with van der Waals surface area (Å²) < 4.78 is 5.58. The number of hydrogen-bond acceptors (Lipinski definition) is 3. The number of amides is 2. The van der Waals surface area contributed by atoms with Crippen LogP contribution in [-0.2, 0) is 0 Å². The second kappa shape index (κ2) is 7.28. The summed E-state index contributed by atoms with van der Waals surface area (Å²) >= 11 is 1.78. The zero-order chi connectivity index (χ0) is 13.5. The molecule has 1 aliphatic rings. The van der Waals surface area contributed by atoms with Crippen molar-refractivity contribution in [2.24, 2.45) is 0 Å². The summed E-state index contributed by atoms with van der Waals surface area (Å²) in [6.07, 6.45) is 2.19. The van der Waals surface area contributed by atoms with E-state index in [9.17, 15) is 4.79 Å². The maximum atomic E-state index is 11.9. The molecule has 2 rings (SSSR count). The van der Waals surface area contributed by atoms with Crippen LogP contribution >= 0.6 is 11.8 Å². The molecule has 0 atom stereocenters. The van der Waals surface area contributed by atoms with E-state index in [1.165, 1.54) is 0 Å². The predicted molar refractivity (Wildman–Crippen MR) is 79.9 cm³/mol. The second-order valence-corrected chi connectivity index (χ2v) is 5.53. The van der Waals surface area contributed by atoms with Crippen LogP contribution in [0.15, 0.2) is 24.3 Å². The Morgan fingerprint density at radius 2 is 2.21 bits per heavy atom. The van der Waals surface area contributed by atoms with Crippen LogP contribution in [0.2, 0.25) is 0 Å². The molecule has 1 aromatic rings. The first-order chi connectivity index (χ1) is 9.29. The normalized spacial score (nSPS) is 14.5. The van der Waals surface area contributed by atoms with Crippen LogP contribution in [-0.4, -0.2) is 35.7 Å². The minimum Gasteiger partial charge on any atom is -0.494 e. The van der Waals surface area contributed by atoms with Crippen LogP contribution < -0.4 is 10.1 Å². The monoisotopic (exact) mass is 280 g/mol. The Morgan fingerprint density at radius 1 is 1.42 bits per heavy atom. The molecule has 0 spiro atoms. The second-order valence-electron chi connectivity index (χ2n) is 4.46. The molecular formula is C14H20N2O2S. The summed E-state index contributed by atoms with van der Waals surface area (Å²) in [7, 11) is 0. The lowest BCUT2D eigenvalue weighted by Gasteiger charge is -2.15. The van der Waals surface area contributed by atoms with Gasteiger partial charge in [-0.1, -0.05) is 13.3 Å². The fraction of sp³-hybridized carbons (Fsp3) is 0.500. The molecular weight excluding hydrogens is 260 g/mol. The van der Waals surface area contributed by atoms with Gasteiger partial charge >= 0.3 is 6.03 Å². The van der Waals surface area contributed by atoms with E-state index in [0.29, 0.717) is 0 Å². The lowest BCUT2D eigenvalue weighted by atomic mass is 10.3. The first-order valence-corrected chi connectivity index (χ1v) is 7.81. The first kappa shape index (κ1) is 14.1. The third-order valence-corrected chi connectivity index (χ3v) is 3.88. The van der Waals surface area contributed by atoms with Crippen molar-refractivity contribution in [3.05, 3.63) is 24.3 Å². The average Bonchev–Trinajstić information content (AvgIpc) is 2.95. The van der Waals surface area contributed by atoms with E-state index < -0.39 is 0 Å². The summed E-state index contributed by atoms with van der Waals surface area (Å²) in [5, 5.41) is 2.90. The highest BCUT2D eigenvalue weighted by molar-refractivity contribution is 7.99. The van der Waals surface area contributed by atoms with Crippen molar-refractivity contribution in [1.82, 2.24) is 4.90 Å². The van der Waals surface area contributed by atoms with Gasteiger partial charge in [0.25, 0.3) is 0 Å². The Bertz CT molecular complexity index is 402. The lowest BCUT2D eigenvalue weighted by Crippen LogP contribution is -2.32. The number of nitrogens with zero attached hydrogens (tertiary/aromatic N) is 1. The van der Waals surface area contributed by atoms with Gasteiger partial charge < -0.3 is 15.0 Å². The van der Waals surface area contributed by atoms with Crippen molar-refractivity contribution in [3.63, 3.8) is 0 Å². The molecule has 1 saturated heterocycles. The molecule has 0 bridgehead atoms. The lowest BCUT2D eigenvalue weighted by molar-refractivity contribution is 0.225. The molecule has 0 radical (unpaired) electrons. The number of rotatable bonds is 5. The molecule has 1 aromatic carbocycles. The van der Waals surface area contributed by atoms with Gasteiger partial charge in [-0.15, -0.1) is 11.8 Å². The Morgan fingerprint density at radius 3 is 2.84 bits per heavy atom. The van der Waals surface area contributed by atoms with Crippen molar-refractivity contribution < 1.29 is 9.53 Å². The Balaban J connectivity index is 1.82. The number of thioether (sulfide) groups is 1. The minimum atomic E-state index is -0.0235. The molecule has 19 heavy (non-hydrogen) atoms. The number of carbonyl (C=O) groups excluding carboxylic acids is 1. The van der Waals surface area contributed by atoms with Crippen LogP contribution in [0.3, 0.4) is 0 Å². The molecule has 1 N–H and O–H groups in total. The van der Waals surface area contributed by atoms with Crippen molar-refractivity contribution in [3.8, 4) is 5.75 Å². The molecule has 0 aromatic heterocycles. The minimum absolute atomic E-state index is 0.0235. The van der Waals surface area contributed by atoms with Gasteiger partial charge in [0.1, 0.15) is 5.75 Å². The van der Waals surface area contributed by atoms with Gasteiger partial charge in [-0.2, -0.15) is 0 Å². The molecule has 1 heterocycles. The van der Waals surface area contributed by atoms with E-state index >= 15 is 0 Å². The zero-order valence-electron chi connectivity index (χ0n) is 11.2. The Hall–Kier alpha value is -1.36. The Kier molecular flexibility index (Phi) is 5.39. The van der Waals surface area contributed by atoms with E-state index in [0.717, 1.165) is 49.1 Å². The van der Waals surface area contributed by atoms with Gasteiger partial charge in [-0.3, -0.25) is 0 Å². The third-order valence-electron chi connectivity index (χ3n) is 2.91. The van der Waals surface area contributed by atoms with Crippen molar-refractivity contribution in [2.75, 3.05) is 30.1 Å². The van der Waals surface area contributed by atoms with Gasteiger partial charge in [0.05, 0.1) is 12.5 Å².